The second kappa shape index (κ2) is 22.8. The summed E-state index contributed by atoms with van der Waals surface area (Å²) in [6.07, 6.45) is 12.2. The Morgan fingerprint density at radius 1 is 0.477 bits per heavy atom. The number of rotatable bonds is 12. The monoisotopic (exact) mass is 880 g/mol. The lowest BCUT2D eigenvalue weighted by Gasteiger charge is -2.39. The van der Waals surface area contributed by atoms with Crippen LogP contribution in [0.15, 0.2) is 254 Å². The lowest BCUT2D eigenvalue weighted by atomic mass is 9.89. The smallest absolute Gasteiger partial charge is 0.0434 e. The summed E-state index contributed by atoms with van der Waals surface area (Å²) in [5.74, 6) is 1.14. The van der Waals surface area contributed by atoms with Gasteiger partial charge in [0.05, 0.1) is 0 Å². The van der Waals surface area contributed by atoms with Crippen molar-refractivity contribution >= 4 is 37.4 Å². The van der Waals surface area contributed by atoms with Crippen LogP contribution in [0.25, 0.3) is 59.2 Å². The lowest BCUT2D eigenvalue weighted by molar-refractivity contribution is 1.10. The van der Waals surface area contributed by atoms with E-state index in [0.717, 1.165) is 12.2 Å². The van der Waals surface area contributed by atoms with Crippen LogP contribution in [-0.2, 0) is 0 Å². The minimum absolute atomic E-state index is 1.13. The molecule has 2 heteroatoms. The normalized spacial score (nSPS) is 15.7. The highest BCUT2D eigenvalue weighted by atomic mass is 32.3. The van der Waals surface area contributed by atoms with Crippen LogP contribution in [0.2, 0.25) is 0 Å². The first kappa shape index (κ1) is 46.3. The molecule has 1 aromatic heterocycles. The van der Waals surface area contributed by atoms with Crippen molar-refractivity contribution in [3.8, 4) is 43.1 Å². The molecule has 324 valence electrons. The van der Waals surface area contributed by atoms with Crippen molar-refractivity contribution in [2.24, 2.45) is 0 Å². The van der Waals surface area contributed by atoms with E-state index in [2.05, 4.69) is 263 Å². The highest BCUT2D eigenvalue weighted by molar-refractivity contribution is 8.44. The molecule has 0 nitrogen and oxygen atoms in total. The molecule has 0 aliphatic carbocycles. The van der Waals surface area contributed by atoms with Gasteiger partial charge in [-0.1, -0.05) is 264 Å². The molecule has 0 N–H and O–H groups in total. The standard InChI is InChI=1S/C33H34S.C28H20S.C2H6/c1-5-8-18-26(7-3)32-30(27-19-12-9-13-20-27)31(28-21-14-10-15-22-28)33(34(32,4)25-6-2)29-23-16-11-17-24-29;1-5-13-21(14-6-1)25-26(22-15-7-2-8-16-22)28(24-19-11-4-12-20-24)29-27(25)23-17-9-3-10-18-23;1-2/h5,7-24H,3,6,25H2,1-2,4H3;1-20H;1-2H3/b8-5-,26-18+;;. The number of hydrogen-bond acceptors (Lipinski definition) is 1. The second-order valence-corrected chi connectivity index (χ2v) is 20.0. The maximum Gasteiger partial charge on any atom is 0.0434 e. The molecule has 0 amide bonds. The van der Waals surface area contributed by atoms with Crippen molar-refractivity contribution < 1.29 is 0 Å². The zero-order valence-corrected chi connectivity index (χ0v) is 40.1. The molecule has 2 heterocycles. The Labute approximate surface area is 394 Å². The zero-order valence-electron chi connectivity index (χ0n) is 38.5. The number of allylic oxidation sites excluding steroid dienone is 7. The van der Waals surface area contributed by atoms with Crippen molar-refractivity contribution in [3.05, 3.63) is 270 Å². The molecule has 9 rings (SSSR count). The molecule has 65 heavy (non-hydrogen) atoms. The van der Waals surface area contributed by atoms with Crippen molar-refractivity contribution in [2.75, 3.05) is 12.0 Å². The molecule has 0 saturated carbocycles. The van der Waals surface area contributed by atoms with Gasteiger partial charge in [-0.25, -0.2) is 0 Å². The number of thiophene rings is 1. The van der Waals surface area contributed by atoms with Crippen molar-refractivity contribution in [2.45, 2.75) is 34.1 Å². The summed E-state index contributed by atoms with van der Waals surface area (Å²) in [5.41, 5.74) is 15.5. The molecule has 0 bridgehead atoms. The number of benzene rings is 7. The van der Waals surface area contributed by atoms with E-state index < -0.39 is 10.0 Å². The first-order chi connectivity index (χ1) is 32.1. The van der Waals surface area contributed by atoms with E-state index in [1.54, 1.807) is 0 Å². The summed E-state index contributed by atoms with van der Waals surface area (Å²) < 4.78 is 0. The van der Waals surface area contributed by atoms with Gasteiger partial charge in [-0.05, 0) is 69.9 Å². The quantitative estimate of drug-likeness (QED) is 0.107. The Bertz CT molecular complexity index is 2770. The van der Waals surface area contributed by atoms with Crippen LogP contribution in [0.5, 0.6) is 0 Å². The first-order valence-electron chi connectivity index (χ1n) is 22.8. The predicted molar refractivity (Wildman–Crippen MR) is 292 cm³/mol. The summed E-state index contributed by atoms with van der Waals surface area (Å²) in [7, 11) is -1.34. The van der Waals surface area contributed by atoms with Gasteiger partial charge in [0.2, 0.25) is 0 Å². The molecule has 1 atom stereocenters. The fourth-order valence-electron chi connectivity index (χ4n) is 8.76. The van der Waals surface area contributed by atoms with Crippen molar-refractivity contribution in [1.29, 1.82) is 0 Å². The minimum Gasteiger partial charge on any atom is -0.188 e. The van der Waals surface area contributed by atoms with Gasteiger partial charge in [0, 0.05) is 41.8 Å². The van der Waals surface area contributed by atoms with Crippen molar-refractivity contribution in [3.63, 3.8) is 0 Å². The highest BCUT2D eigenvalue weighted by Crippen LogP contribution is 2.74. The van der Waals surface area contributed by atoms with Gasteiger partial charge in [0.1, 0.15) is 0 Å². The lowest BCUT2D eigenvalue weighted by Crippen LogP contribution is -2.07. The summed E-state index contributed by atoms with van der Waals surface area (Å²) >= 11 is 1.88. The molecule has 1 aliphatic rings. The van der Waals surface area contributed by atoms with E-state index in [-0.39, 0.29) is 0 Å². The molecule has 0 radical (unpaired) electrons. The van der Waals surface area contributed by atoms with Crippen LogP contribution in [0, 0.1) is 0 Å². The second-order valence-electron chi connectivity index (χ2n) is 15.6. The van der Waals surface area contributed by atoms with Crippen molar-refractivity contribution in [1.82, 2.24) is 0 Å². The van der Waals surface area contributed by atoms with Gasteiger partial charge in [-0.15, -0.1) is 11.3 Å². The topological polar surface area (TPSA) is 0 Å². The van der Waals surface area contributed by atoms with E-state index in [0.29, 0.717) is 0 Å². The molecular formula is C63H60S2. The fourth-order valence-corrected chi connectivity index (χ4v) is 14.2. The van der Waals surface area contributed by atoms with E-state index in [9.17, 15) is 0 Å². The zero-order chi connectivity index (χ0) is 45.4. The molecule has 0 fully saturated rings. The third kappa shape index (κ3) is 10.2. The Hall–Kier alpha value is -6.71. The highest BCUT2D eigenvalue weighted by Gasteiger charge is 2.41. The maximum atomic E-state index is 4.27. The third-order valence-corrected chi connectivity index (χ3v) is 16.6. The van der Waals surface area contributed by atoms with E-state index in [4.69, 9.17) is 0 Å². The van der Waals surface area contributed by atoms with E-state index in [1.165, 1.54) is 86.4 Å². The molecule has 8 aromatic rings. The summed E-state index contributed by atoms with van der Waals surface area (Å²) in [6, 6.07) is 75.9. The average molecular weight is 881 g/mol. The molecule has 0 saturated heterocycles. The molecular weight excluding hydrogens is 821 g/mol. The van der Waals surface area contributed by atoms with E-state index >= 15 is 0 Å². The third-order valence-electron chi connectivity index (χ3n) is 11.4. The van der Waals surface area contributed by atoms with Gasteiger partial charge in [0.15, 0.2) is 0 Å². The average Bonchev–Trinajstić information content (AvgIpc) is 3.91. The molecule has 0 spiro atoms. The van der Waals surface area contributed by atoms with Crippen LogP contribution < -0.4 is 0 Å². The van der Waals surface area contributed by atoms with Crippen LogP contribution in [0.1, 0.15) is 50.8 Å². The fraction of sp³-hybridized carbons (Fsp3) is 0.111. The Kier molecular flexibility index (Phi) is 16.2. The van der Waals surface area contributed by atoms with Crippen LogP contribution >= 0.6 is 21.4 Å². The van der Waals surface area contributed by atoms with Gasteiger partial charge >= 0.3 is 0 Å². The van der Waals surface area contributed by atoms with Gasteiger partial charge in [-0.3, -0.25) is 0 Å². The Balaban J connectivity index is 0.000000189. The summed E-state index contributed by atoms with van der Waals surface area (Å²) in [6.45, 7) is 12.6. The molecule has 1 aliphatic heterocycles. The first-order valence-corrected chi connectivity index (χ1v) is 25.9. The van der Waals surface area contributed by atoms with E-state index in [1.807, 2.05) is 25.2 Å². The van der Waals surface area contributed by atoms with Gasteiger partial charge in [0.25, 0.3) is 0 Å². The number of hydrogen-bond donors (Lipinski definition) is 0. The minimum atomic E-state index is -1.34. The van der Waals surface area contributed by atoms with Gasteiger partial charge in [-0.2, -0.15) is 10.0 Å². The summed E-state index contributed by atoms with van der Waals surface area (Å²) in [4.78, 5) is 5.57. The van der Waals surface area contributed by atoms with Crippen LogP contribution in [-0.4, -0.2) is 12.0 Å². The van der Waals surface area contributed by atoms with Crippen LogP contribution in [0.4, 0.5) is 0 Å². The largest absolute Gasteiger partial charge is 0.188 e. The Morgan fingerprint density at radius 2 is 0.815 bits per heavy atom. The SMILES string of the molecule is C=C/C(=C\C=C/C)C1=C(c2ccccc2)C(c2ccccc2)=C(c2ccccc2)S1(C)CCC.CC.c1ccc(-c2sc(-c3ccccc3)c(-c3ccccc3)c2-c2ccccc2)cc1. The maximum absolute atomic E-state index is 4.27. The van der Waals surface area contributed by atoms with Gasteiger partial charge < -0.3 is 0 Å². The Morgan fingerprint density at radius 3 is 1.17 bits per heavy atom. The molecule has 1 unspecified atom stereocenters. The van der Waals surface area contributed by atoms with Crippen LogP contribution in [0.3, 0.4) is 0 Å². The summed E-state index contributed by atoms with van der Waals surface area (Å²) in [5, 5.41) is 0. The molecule has 7 aromatic carbocycles. The predicted octanol–water partition coefficient (Wildman–Crippen LogP) is 19.0.